The molecule has 0 bridgehead atoms. The van der Waals surface area contributed by atoms with Crippen LogP contribution in [0.25, 0.3) is 0 Å². The molecule has 110 valence electrons. The minimum atomic E-state index is -4.21. The van der Waals surface area contributed by atoms with Crippen molar-refractivity contribution < 1.29 is 18.0 Å². The number of hydrogen-bond donors (Lipinski definition) is 2. The van der Waals surface area contributed by atoms with Crippen molar-refractivity contribution >= 4 is 11.6 Å². The van der Waals surface area contributed by atoms with Gasteiger partial charge in [0.25, 0.3) is 0 Å². The van der Waals surface area contributed by atoms with Crippen molar-refractivity contribution in [2.24, 2.45) is 0 Å². The van der Waals surface area contributed by atoms with Gasteiger partial charge in [0.1, 0.15) is 0 Å². The van der Waals surface area contributed by atoms with E-state index in [-0.39, 0.29) is 5.91 Å². The normalized spacial score (nSPS) is 17.1. The third-order valence-corrected chi connectivity index (χ3v) is 3.44. The van der Waals surface area contributed by atoms with Crippen LogP contribution in [0.2, 0.25) is 0 Å². The van der Waals surface area contributed by atoms with E-state index in [1.165, 1.54) is 7.05 Å². The van der Waals surface area contributed by atoms with Gasteiger partial charge in [-0.2, -0.15) is 13.2 Å². The van der Waals surface area contributed by atoms with Crippen LogP contribution in [-0.2, 0) is 11.2 Å². The smallest absolute Gasteiger partial charge is 0.326 e. The van der Waals surface area contributed by atoms with E-state index in [4.69, 9.17) is 0 Å². The van der Waals surface area contributed by atoms with E-state index in [1.54, 1.807) is 18.2 Å². The first-order chi connectivity index (χ1) is 9.39. The number of carbonyl (C=O) groups excluding carboxylic acids is 1. The predicted molar refractivity (Wildman–Crippen MR) is 70.5 cm³/mol. The summed E-state index contributed by atoms with van der Waals surface area (Å²) in [4.78, 5) is 11.4. The average molecular weight is 286 g/mol. The van der Waals surface area contributed by atoms with Crippen LogP contribution < -0.4 is 10.6 Å². The third-order valence-electron chi connectivity index (χ3n) is 3.44. The molecule has 20 heavy (non-hydrogen) atoms. The van der Waals surface area contributed by atoms with Gasteiger partial charge >= 0.3 is 6.18 Å². The Bertz CT molecular complexity index is 500. The Labute approximate surface area is 115 Å². The van der Waals surface area contributed by atoms with Gasteiger partial charge in [0, 0.05) is 18.2 Å². The van der Waals surface area contributed by atoms with Gasteiger partial charge in [0.15, 0.2) is 0 Å². The first-order valence-electron chi connectivity index (χ1n) is 6.56. The molecule has 1 amide bonds. The van der Waals surface area contributed by atoms with E-state index in [0.29, 0.717) is 30.5 Å². The molecule has 1 atom stereocenters. The molecule has 1 aliphatic rings. The molecule has 1 heterocycles. The van der Waals surface area contributed by atoms with Gasteiger partial charge in [-0.3, -0.25) is 4.79 Å². The lowest BCUT2D eigenvalue weighted by molar-refractivity contribution is -0.140. The highest BCUT2D eigenvalue weighted by atomic mass is 19.4. The van der Waals surface area contributed by atoms with Gasteiger partial charge in [-0.1, -0.05) is 12.1 Å². The molecule has 6 heteroatoms. The van der Waals surface area contributed by atoms with Crippen LogP contribution in [0.3, 0.4) is 0 Å². The number of carbonyl (C=O) groups is 1. The number of anilines is 1. The van der Waals surface area contributed by atoms with E-state index in [9.17, 15) is 18.0 Å². The lowest BCUT2D eigenvalue weighted by atomic mass is 9.98. The lowest BCUT2D eigenvalue weighted by Gasteiger charge is -2.20. The maximum Gasteiger partial charge on any atom is 0.390 e. The molecule has 1 aliphatic heterocycles. The zero-order valence-corrected chi connectivity index (χ0v) is 11.2. The number of fused-ring (bicyclic) bond motifs is 1. The Morgan fingerprint density at radius 3 is 2.75 bits per heavy atom. The number of benzene rings is 1. The van der Waals surface area contributed by atoms with Crippen molar-refractivity contribution in [3.05, 3.63) is 29.3 Å². The Hall–Kier alpha value is -1.56. The predicted octanol–water partition coefficient (Wildman–Crippen LogP) is 3.17. The first-order valence-corrected chi connectivity index (χ1v) is 6.56. The standard InChI is InChI=1S/C14H17F3N2O/c1-18-12(8-14(15,16)17)10-5-6-11-9(7-10)3-2-4-13(20)19-11/h5-7,12,18H,2-4,8H2,1H3,(H,19,20). The molecule has 0 saturated carbocycles. The number of amides is 1. The fraction of sp³-hybridized carbons (Fsp3) is 0.500. The van der Waals surface area contributed by atoms with Crippen molar-refractivity contribution in [3.63, 3.8) is 0 Å². The molecule has 0 radical (unpaired) electrons. The highest BCUT2D eigenvalue weighted by molar-refractivity contribution is 5.92. The van der Waals surface area contributed by atoms with Crippen molar-refractivity contribution in [2.75, 3.05) is 12.4 Å². The second-order valence-corrected chi connectivity index (χ2v) is 4.98. The van der Waals surface area contributed by atoms with Gasteiger partial charge in [-0.05, 0) is 37.1 Å². The topological polar surface area (TPSA) is 41.1 Å². The molecule has 2 N–H and O–H groups in total. The maximum absolute atomic E-state index is 12.5. The summed E-state index contributed by atoms with van der Waals surface area (Å²) in [5, 5.41) is 5.47. The quantitative estimate of drug-likeness (QED) is 0.896. The molecule has 0 aromatic heterocycles. The molecule has 1 aromatic rings. The highest BCUT2D eigenvalue weighted by Crippen LogP contribution is 2.32. The Morgan fingerprint density at radius 1 is 1.35 bits per heavy atom. The van der Waals surface area contributed by atoms with Crippen LogP contribution in [0.5, 0.6) is 0 Å². The maximum atomic E-state index is 12.5. The van der Waals surface area contributed by atoms with E-state index < -0.39 is 18.6 Å². The van der Waals surface area contributed by atoms with Gasteiger partial charge in [-0.15, -0.1) is 0 Å². The number of halogens is 3. The lowest BCUT2D eigenvalue weighted by Crippen LogP contribution is -2.23. The van der Waals surface area contributed by atoms with Crippen LogP contribution >= 0.6 is 0 Å². The molecule has 1 unspecified atom stereocenters. The molecule has 2 rings (SSSR count). The zero-order valence-electron chi connectivity index (χ0n) is 11.2. The molecule has 0 aliphatic carbocycles. The SMILES string of the molecule is CNC(CC(F)(F)F)c1ccc2c(c1)CCCC(=O)N2. The van der Waals surface area contributed by atoms with Crippen LogP contribution in [0, 0.1) is 0 Å². The number of aryl methyl sites for hydroxylation is 1. The monoisotopic (exact) mass is 286 g/mol. The van der Waals surface area contributed by atoms with Crippen molar-refractivity contribution in [3.8, 4) is 0 Å². The molecular weight excluding hydrogens is 269 g/mol. The molecule has 0 fully saturated rings. The van der Waals surface area contributed by atoms with Gasteiger partial charge in [0.2, 0.25) is 5.91 Å². The summed E-state index contributed by atoms with van der Waals surface area (Å²) in [5.41, 5.74) is 2.20. The summed E-state index contributed by atoms with van der Waals surface area (Å²) >= 11 is 0. The summed E-state index contributed by atoms with van der Waals surface area (Å²) in [6.45, 7) is 0. The van der Waals surface area contributed by atoms with Crippen LogP contribution in [0.15, 0.2) is 18.2 Å². The molecule has 1 aromatic carbocycles. The molecule has 0 spiro atoms. The molecule has 0 saturated heterocycles. The van der Waals surface area contributed by atoms with Gasteiger partial charge < -0.3 is 10.6 Å². The Kier molecular flexibility index (Phi) is 4.32. The van der Waals surface area contributed by atoms with Crippen molar-refractivity contribution in [1.82, 2.24) is 5.32 Å². The van der Waals surface area contributed by atoms with E-state index in [0.717, 1.165) is 5.56 Å². The summed E-state index contributed by atoms with van der Waals surface area (Å²) in [6.07, 6.45) is -3.26. The van der Waals surface area contributed by atoms with E-state index >= 15 is 0 Å². The minimum absolute atomic E-state index is 0.0445. The number of alkyl halides is 3. The fourth-order valence-electron chi connectivity index (χ4n) is 2.43. The Balaban J connectivity index is 2.25. The second-order valence-electron chi connectivity index (χ2n) is 4.98. The summed E-state index contributed by atoms with van der Waals surface area (Å²) in [5.74, 6) is -0.0445. The number of rotatable bonds is 3. The minimum Gasteiger partial charge on any atom is -0.326 e. The fourth-order valence-corrected chi connectivity index (χ4v) is 2.43. The Morgan fingerprint density at radius 2 is 2.10 bits per heavy atom. The second kappa shape index (κ2) is 5.83. The average Bonchev–Trinajstić information content (AvgIpc) is 2.54. The number of hydrogen-bond acceptors (Lipinski definition) is 2. The van der Waals surface area contributed by atoms with Gasteiger partial charge in [0.05, 0.1) is 6.42 Å². The highest BCUT2D eigenvalue weighted by Gasteiger charge is 2.32. The molecule has 3 nitrogen and oxygen atoms in total. The summed E-state index contributed by atoms with van der Waals surface area (Å²) in [7, 11) is 1.52. The third kappa shape index (κ3) is 3.72. The largest absolute Gasteiger partial charge is 0.390 e. The van der Waals surface area contributed by atoms with Crippen molar-refractivity contribution in [2.45, 2.75) is 37.9 Å². The van der Waals surface area contributed by atoms with Crippen LogP contribution in [0.1, 0.15) is 36.4 Å². The van der Waals surface area contributed by atoms with E-state index in [2.05, 4.69) is 10.6 Å². The van der Waals surface area contributed by atoms with Crippen LogP contribution in [0.4, 0.5) is 18.9 Å². The van der Waals surface area contributed by atoms with E-state index in [1.807, 2.05) is 0 Å². The number of nitrogens with one attached hydrogen (secondary N) is 2. The first kappa shape index (κ1) is 14.8. The summed E-state index contributed by atoms with van der Waals surface area (Å²) < 4.78 is 37.6. The van der Waals surface area contributed by atoms with Crippen molar-refractivity contribution in [1.29, 1.82) is 0 Å². The molecular formula is C14H17F3N2O. The van der Waals surface area contributed by atoms with Gasteiger partial charge in [-0.25, -0.2) is 0 Å². The zero-order chi connectivity index (χ0) is 14.8. The van der Waals surface area contributed by atoms with Crippen LogP contribution in [-0.4, -0.2) is 19.1 Å². The summed E-state index contributed by atoms with van der Waals surface area (Å²) in [6, 6.07) is 4.32.